The van der Waals surface area contributed by atoms with Crippen LogP contribution in [0.2, 0.25) is 0 Å². The highest BCUT2D eigenvalue weighted by atomic mass is 16.7. The topological polar surface area (TPSA) is 60.0 Å². The van der Waals surface area contributed by atoms with Crippen molar-refractivity contribution in [2.45, 2.75) is 13.0 Å². The lowest BCUT2D eigenvalue weighted by molar-refractivity contribution is -0.120. The van der Waals surface area contributed by atoms with Crippen molar-refractivity contribution in [3.05, 3.63) is 48.5 Å². The van der Waals surface area contributed by atoms with Gasteiger partial charge in [0.25, 0.3) is 0 Å². The molecule has 0 radical (unpaired) electrons. The molecule has 1 aliphatic heterocycles. The Labute approximate surface area is 147 Å². The molecule has 0 aromatic heterocycles. The Morgan fingerprint density at radius 2 is 1.96 bits per heavy atom. The lowest BCUT2D eigenvalue weighted by Gasteiger charge is -2.23. The number of fused-ring (bicyclic) bond motifs is 1. The van der Waals surface area contributed by atoms with Gasteiger partial charge < -0.3 is 19.5 Å². The van der Waals surface area contributed by atoms with Crippen LogP contribution in [0.4, 0.5) is 5.69 Å². The van der Waals surface area contributed by atoms with Gasteiger partial charge in [0, 0.05) is 18.3 Å². The summed E-state index contributed by atoms with van der Waals surface area (Å²) in [5.41, 5.74) is 0.690. The summed E-state index contributed by atoms with van der Waals surface area (Å²) in [5.74, 6) is 2.09. The molecule has 1 heterocycles. The molecule has 3 rings (SSSR count). The summed E-state index contributed by atoms with van der Waals surface area (Å²) >= 11 is 0. The van der Waals surface area contributed by atoms with Crippen LogP contribution in [0.15, 0.2) is 48.5 Å². The molecule has 0 saturated heterocycles. The quantitative estimate of drug-likeness (QED) is 0.838. The number of nitrogens with one attached hydrogen (secondary N) is 1. The van der Waals surface area contributed by atoms with Gasteiger partial charge in [0.05, 0.1) is 6.04 Å². The number of amides is 1. The summed E-state index contributed by atoms with van der Waals surface area (Å²) in [7, 11) is 1.90. The number of nitrogens with zero attached hydrogens (tertiary/aromatic N) is 1. The number of hydrogen-bond donors (Lipinski definition) is 1. The number of anilines is 1. The van der Waals surface area contributed by atoms with Crippen molar-refractivity contribution in [1.82, 2.24) is 4.90 Å². The summed E-state index contributed by atoms with van der Waals surface area (Å²) in [5, 5.41) is 2.90. The van der Waals surface area contributed by atoms with Gasteiger partial charge in [0.2, 0.25) is 12.7 Å². The summed E-state index contributed by atoms with van der Waals surface area (Å²) in [6, 6.07) is 14.7. The first kappa shape index (κ1) is 17.1. The molecule has 1 N–H and O–H groups in total. The Morgan fingerprint density at radius 3 is 2.76 bits per heavy atom. The third-order valence-corrected chi connectivity index (χ3v) is 4.14. The van der Waals surface area contributed by atoms with Crippen LogP contribution >= 0.6 is 0 Å². The Hall–Kier alpha value is -2.73. The fourth-order valence-corrected chi connectivity index (χ4v) is 2.44. The molecule has 1 amide bonds. The van der Waals surface area contributed by atoms with Gasteiger partial charge in [-0.3, -0.25) is 9.69 Å². The van der Waals surface area contributed by atoms with Gasteiger partial charge in [-0.2, -0.15) is 0 Å². The van der Waals surface area contributed by atoms with Crippen LogP contribution in [-0.4, -0.2) is 43.8 Å². The molecule has 0 saturated carbocycles. The zero-order chi connectivity index (χ0) is 17.6. The van der Waals surface area contributed by atoms with Crippen molar-refractivity contribution in [2.24, 2.45) is 0 Å². The van der Waals surface area contributed by atoms with Crippen molar-refractivity contribution < 1.29 is 19.0 Å². The lowest BCUT2D eigenvalue weighted by Crippen LogP contribution is -2.41. The molecule has 6 nitrogen and oxygen atoms in total. The summed E-state index contributed by atoms with van der Waals surface area (Å²) in [4.78, 5) is 14.4. The summed E-state index contributed by atoms with van der Waals surface area (Å²) < 4.78 is 16.3. The average molecular weight is 342 g/mol. The van der Waals surface area contributed by atoms with Gasteiger partial charge in [-0.1, -0.05) is 18.2 Å². The molecule has 0 bridgehead atoms. The SMILES string of the molecule is CC(C(=O)Nc1ccc2c(c1)OCO2)N(C)CCOc1ccccc1. The van der Waals surface area contributed by atoms with Crippen molar-refractivity contribution in [3.8, 4) is 17.2 Å². The fraction of sp³-hybridized carbons (Fsp3) is 0.316. The van der Waals surface area contributed by atoms with E-state index in [-0.39, 0.29) is 18.7 Å². The molecule has 2 aromatic carbocycles. The highest BCUT2D eigenvalue weighted by Gasteiger charge is 2.19. The Balaban J connectivity index is 1.47. The van der Waals surface area contributed by atoms with Gasteiger partial charge in [-0.15, -0.1) is 0 Å². The maximum Gasteiger partial charge on any atom is 0.241 e. The minimum Gasteiger partial charge on any atom is -0.492 e. The Morgan fingerprint density at radius 1 is 1.20 bits per heavy atom. The number of hydrogen-bond acceptors (Lipinski definition) is 5. The van der Waals surface area contributed by atoms with E-state index in [1.807, 2.05) is 49.2 Å². The molecule has 25 heavy (non-hydrogen) atoms. The smallest absolute Gasteiger partial charge is 0.241 e. The summed E-state index contributed by atoms with van der Waals surface area (Å²) in [6.07, 6.45) is 0. The Bertz CT molecular complexity index is 721. The normalized spacial score (nSPS) is 13.6. The monoisotopic (exact) mass is 342 g/mol. The van der Waals surface area contributed by atoms with Crippen LogP contribution in [0, 0.1) is 0 Å². The zero-order valence-electron chi connectivity index (χ0n) is 14.4. The standard InChI is InChI=1S/C19H22N2O4/c1-14(21(2)10-11-23-16-6-4-3-5-7-16)19(22)20-15-8-9-17-18(12-15)25-13-24-17/h3-9,12,14H,10-11,13H2,1-2H3,(H,20,22). The molecule has 1 aliphatic rings. The van der Waals surface area contributed by atoms with Crippen molar-refractivity contribution in [3.63, 3.8) is 0 Å². The molecular formula is C19H22N2O4. The van der Waals surface area contributed by atoms with Crippen LogP contribution < -0.4 is 19.5 Å². The molecule has 1 unspecified atom stereocenters. The third-order valence-electron chi connectivity index (χ3n) is 4.14. The van der Waals surface area contributed by atoms with Crippen LogP contribution in [-0.2, 0) is 4.79 Å². The number of rotatable bonds is 7. The molecule has 6 heteroatoms. The average Bonchev–Trinajstić information content (AvgIpc) is 3.09. The van der Waals surface area contributed by atoms with Gasteiger partial charge in [-0.25, -0.2) is 0 Å². The second-order valence-electron chi connectivity index (χ2n) is 5.88. The van der Waals surface area contributed by atoms with Crippen LogP contribution in [0.3, 0.4) is 0 Å². The minimum atomic E-state index is -0.287. The van der Waals surface area contributed by atoms with E-state index in [0.717, 1.165) is 5.75 Å². The molecule has 132 valence electrons. The molecule has 2 aromatic rings. The first-order valence-electron chi connectivity index (χ1n) is 8.22. The number of benzene rings is 2. The predicted molar refractivity (Wildman–Crippen MR) is 95.2 cm³/mol. The fourth-order valence-electron chi connectivity index (χ4n) is 2.44. The lowest BCUT2D eigenvalue weighted by atomic mass is 10.2. The maximum absolute atomic E-state index is 12.4. The van der Waals surface area contributed by atoms with Gasteiger partial charge in [0.15, 0.2) is 11.5 Å². The molecular weight excluding hydrogens is 320 g/mol. The number of likely N-dealkylation sites (N-methyl/N-ethyl adjacent to an activating group) is 1. The summed E-state index contributed by atoms with van der Waals surface area (Å²) in [6.45, 7) is 3.24. The zero-order valence-corrected chi connectivity index (χ0v) is 14.4. The third kappa shape index (κ3) is 4.42. The number of carbonyl (C=O) groups is 1. The van der Waals surface area contributed by atoms with Crippen molar-refractivity contribution >= 4 is 11.6 Å². The van der Waals surface area contributed by atoms with E-state index in [2.05, 4.69) is 5.32 Å². The van der Waals surface area contributed by atoms with Crippen molar-refractivity contribution in [2.75, 3.05) is 32.3 Å². The van der Waals surface area contributed by atoms with E-state index in [4.69, 9.17) is 14.2 Å². The molecule has 0 spiro atoms. The van der Waals surface area contributed by atoms with E-state index < -0.39 is 0 Å². The van der Waals surface area contributed by atoms with E-state index in [1.54, 1.807) is 18.2 Å². The largest absolute Gasteiger partial charge is 0.492 e. The minimum absolute atomic E-state index is 0.0823. The molecule has 0 fully saturated rings. The number of carbonyl (C=O) groups excluding carboxylic acids is 1. The van der Waals surface area contributed by atoms with Gasteiger partial charge in [0.1, 0.15) is 12.4 Å². The van der Waals surface area contributed by atoms with E-state index in [1.165, 1.54) is 0 Å². The van der Waals surface area contributed by atoms with Crippen LogP contribution in [0.25, 0.3) is 0 Å². The number of ether oxygens (including phenoxy) is 3. The maximum atomic E-state index is 12.4. The van der Waals surface area contributed by atoms with Crippen LogP contribution in [0.5, 0.6) is 17.2 Å². The second-order valence-corrected chi connectivity index (χ2v) is 5.88. The first-order valence-corrected chi connectivity index (χ1v) is 8.22. The van der Waals surface area contributed by atoms with Gasteiger partial charge >= 0.3 is 0 Å². The highest BCUT2D eigenvalue weighted by Crippen LogP contribution is 2.34. The van der Waals surface area contributed by atoms with Crippen molar-refractivity contribution in [1.29, 1.82) is 0 Å². The second kappa shape index (κ2) is 7.90. The van der Waals surface area contributed by atoms with Crippen LogP contribution in [0.1, 0.15) is 6.92 Å². The first-order chi connectivity index (χ1) is 12.1. The number of para-hydroxylation sites is 1. The van der Waals surface area contributed by atoms with E-state index >= 15 is 0 Å². The van der Waals surface area contributed by atoms with E-state index in [0.29, 0.717) is 30.3 Å². The molecule has 0 aliphatic carbocycles. The van der Waals surface area contributed by atoms with Gasteiger partial charge in [-0.05, 0) is 38.2 Å². The molecule has 1 atom stereocenters. The Kier molecular flexibility index (Phi) is 5.40. The van der Waals surface area contributed by atoms with E-state index in [9.17, 15) is 4.79 Å². The predicted octanol–water partition coefficient (Wildman–Crippen LogP) is 2.75. The highest BCUT2D eigenvalue weighted by molar-refractivity contribution is 5.94.